The summed E-state index contributed by atoms with van der Waals surface area (Å²) in [5.74, 6) is -2.52. The number of ether oxygens (including phenoxy) is 7. The highest BCUT2D eigenvalue weighted by atomic mass is 32.2. The molecule has 0 aromatic heterocycles. The number of hydrogen-bond acceptors (Lipinski definition) is 14. The maximum absolute atomic E-state index is 13.6. The van der Waals surface area contributed by atoms with E-state index in [1.54, 1.807) is 24.3 Å². The summed E-state index contributed by atoms with van der Waals surface area (Å²) in [6, 6.07) is 5.13. The van der Waals surface area contributed by atoms with Crippen LogP contribution in [-0.2, 0) is 47.7 Å². The van der Waals surface area contributed by atoms with Crippen LogP contribution < -0.4 is 9.47 Å². The Bertz CT molecular complexity index is 1280. The Kier molecular flexibility index (Phi) is 8.95. The summed E-state index contributed by atoms with van der Waals surface area (Å²) in [6.45, 7) is 4.14. The molecule has 3 heterocycles. The molecule has 0 aliphatic carbocycles. The number of thioether (sulfide) groups is 1. The van der Waals surface area contributed by atoms with Gasteiger partial charge in [0.05, 0.1) is 4.91 Å². The number of nitrogens with zero attached hydrogens (tertiary/aromatic N) is 1. The van der Waals surface area contributed by atoms with E-state index in [-0.39, 0.29) is 16.0 Å². The van der Waals surface area contributed by atoms with Gasteiger partial charge < -0.3 is 33.2 Å². The first-order valence-corrected chi connectivity index (χ1v) is 13.1. The Morgan fingerprint density at radius 3 is 2.23 bits per heavy atom. The van der Waals surface area contributed by atoms with Gasteiger partial charge in [0, 0.05) is 27.7 Å². The molecule has 2 saturated heterocycles. The predicted molar refractivity (Wildman–Crippen MR) is 140 cm³/mol. The molecule has 3 aliphatic heterocycles. The summed E-state index contributed by atoms with van der Waals surface area (Å²) >= 11 is 6.46. The lowest BCUT2D eigenvalue weighted by atomic mass is 9.96. The minimum absolute atomic E-state index is 0.0536. The van der Waals surface area contributed by atoms with Gasteiger partial charge in [0.2, 0.25) is 6.79 Å². The average molecular weight is 596 g/mol. The normalized spacial score (nSPS) is 26.4. The lowest BCUT2D eigenvalue weighted by molar-refractivity contribution is -0.268. The molecule has 0 N–H and O–H groups in total. The summed E-state index contributed by atoms with van der Waals surface area (Å²) in [6.07, 6.45) is -5.33. The molecule has 15 heteroatoms. The standard InChI is InChI=1S/C25H25NO12S2/c1-11(27)32-9-18-20(35-12(2)28)21(36-13(3)29)22(37-14(4)30)24(38-18)26-23(31)19(40-25(26)39)8-15-5-6-16-17(7-15)34-10-33-16/h5-8,18,20-22,24H,9-10H2,1-4H3/b19-8+/t18-,20+,21-,22-,24+/m0/s1. The molecule has 0 bridgehead atoms. The third kappa shape index (κ3) is 6.54. The first-order chi connectivity index (χ1) is 18.9. The van der Waals surface area contributed by atoms with Crippen molar-refractivity contribution in [1.82, 2.24) is 4.90 Å². The fourth-order valence-electron chi connectivity index (χ4n) is 4.27. The molecule has 0 unspecified atom stereocenters. The number of thiocarbonyl (C=S) groups is 1. The van der Waals surface area contributed by atoms with Gasteiger partial charge in [0.15, 0.2) is 40.4 Å². The predicted octanol–water partition coefficient (Wildman–Crippen LogP) is 1.70. The Labute approximate surface area is 238 Å². The fourth-order valence-corrected chi connectivity index (χ4v) is 5.58. The van der Waals surface area contributed by atoms with Gasteiger partial charge in [-0.1, -0.05) is 30.0 Å². The van der Waals surface area contributed by atoms with Crippen molar-refractivity contribution in [3.63, 3.8) is 0 Å². The summed E-state index contributed by atoms with van der Waals surface area (Å²) < 4.78 is 38.2. The van der Waals surface area contributed by atoms with Crippen LogP contribution in [0, 0.1) is 0 Å². The SMILES string of the molecule is CC(=O)OC[C@@H]1O[C@@H](N2C(=O)/C(=C\c3ccc4c(c3)OCO4)SC2=S)[C@@H](OC(C)=O)[C@@H](OC(C)=O)[C@@H]1OC(C)=O. The van der Waals surface area contributed by atoms with E-state index in [1.807, 2.05) is 0 Å². The Morgan fingerprint density at radius 2 is 1.57 bits per heavy atom. The molecule has 2 fully saturated rings. The Balaban J connectivity index is 1.71. The molecule has 214 valence electrons. The van der Waals surface area contributed by atoms with Crippen molar-refractivity contribution in [1.29, 1.82) is 0 Å². The summed E-state index contributed by atoms with van der Waals surface area (Å²) in [5.41, 5.74) is 0.631. The van der Waals surface area contributed by atoms with Crippen molar-refractivity contribution in [3.8, 4) is 11.5 Å². The van der Waals surface area contributed by atoms with Crippen LogP contribution in [0.5, 0.6) is 11.5 Å². The van der Waals surface area contributed by atoms with Crippen molar-refractivity contribution in [2.75, 3.05) is 13.4 Å². The number of carbonyl (C=O) groups is 5. The Hall–Kier alpha value is -3.69. The average Bonchev–Trinajstić information content (AvgIpc) is 3.43. The highest BCUT2D eigenvalue weighted by molar-refractivity contribution is 8.26. The van der Waals surface area contributed by atoms with Gasteiger partial charge in [-0.2, -0.15) is 0 Å². The monoisotopic (exact) mass is 595 g/mol. The number of fused-ring (bicyclic) bond motifs is 1. The van der Waals surface area contributed by atoms with E-state index in [2.05, 4.69) is 0 Å². The number of hydrogen-bond donors (Lipinski definition) is 0. The van der Waals surface area contributed by atoms with Crippen molar-refractivity contribution >= 4 is 64.2 Å². The number of carbonyl (C=O) groups excluding carboxylic acids is 5. The van der Waals surface area contributed by atoms with E-state index in [4.69, 9.17) is 45.4 Å². The van der Waals surface area contributed by atoms with Crippen LogP contribution in [0.25, 0.3) is 6.08 Å². The molecule has 0 radical (unpaired) electrons. The van der Waals surface area contributed by atoms with Crippen molar-refractivity contribution in [2.45, 2.75) is 58.3 Å². The van der Waals surface area contributed by atoms with Crippen molar-refractivity contribution in [2.24, 2.45) is 0 Å². The van der Waals surface area contributed by atoms with Crippen LogP contribution in [0.1, 0.15) is 33.3 Å². The molecule has 1 aromatic carbocycles. The first kappa shape index (κ1) is 29.3. The summed E-state index contributed by atoms with van der Waals surface area (Å²) in [7, 11) is 0. The highest BCUT2D eigenvalue weighted by Gasteiger charge is 2.56. The van der Waals surface area contributed by atoms with E-state index in [0.29, 0.717) is 17.1 Å². The number of esters is 4. The van der Waals surface area contributed by atoms with Crippen molar-refractivity contribution in [3.05, 3.63) is 28.7 Å². The van der Waals surface area contributed by atoms with Gasteiger partial charge in [-0.25, -0.2) is 0 Å². The second-order valence-corrected chi connectivity index (χ2v) is 10.4. The smallest absolute Gasteiger partial charge is 0.303 e. The Morgan fingerprint density at radius 1 is 0.950 bits per heavy atom. The second kappa shape index (κ2) is 12.2. The zero-order valence-corrected chi connectivity index (χ0v) is 23.4. The molecule has 4 rings (SSSR count). The van der Waals surface area contributed by atoms with Gasteiger partial charge in [-0.05, 0) is 23.8 Å². The van der Waals surface area contributed by atoms with Crippen LogP contribution in [-0.4, -0.2) is 83.0 Å². The number of amides is 1. The maximum Gasteiger partial charge on any atom is 0.303 e. The number of rotatable bonds is 7. The van der Waals surface area contributed by atoms with Crippen LogP contribution in [0.2, 0.25) is 0 Å². The molecular formula is C25H25NO12S2. The van der Waals surface area contributed by atoms with E-state index in [9.17, 15) is 24.0 Å². The number of benzene rings is 1. The van der Waals surface area contributed by atoms with Gasteiger partial charge in [0.1, 0.15) is 12.7 Å². The second-order valence-electron chi connectivity index (χ2n) is 8.75. The third-order valence-electron chi connectivity index (χ3n) is 5.74. The van der Waals surface area contributed by atoms with E-state index < -0.39 is 67.0 Å². The summed E-state index contributed by atoms with van der Waals surface area (Å²) in [4.78, 5) is 62.6. The quantitative estimate of drug-likeness (QED) is 0.194. The minimum Gasteiger partial charge on any atom is -0.463 e. The van der Waals surface area contributed by atoms with Gasteiger partial charge >= 0.3 is 23.9 Å². The highest BCUT2D eigenvalue weighted by Crippen LogP contribution is 2.40. The van der Waals surface area contributed by atoms with Crippen LogP contribution >= 0.6 is 24.0 Å². The topological polar surface area (TPSA) is 153 Å². The zero-order chi connectivity index (χ0) is 29.1. The molecule has 3 aliphatic rings. The van der Waals surface area contributed by atoms with Crippen LogP contribution in [0.15, 0.2) is 23.1 Å². The van der Waals surface area contributed by atoms with Crippen LogP contribution in [0.3, 0.4) is 0 Å². The van der Waals surface area contributed by atoms with E-state index in [0.717, 1.165) is 44.4 Å². The minimum atomic E-state index is -1.47. The van der Waals surface area contributed by atoms with Crippen molar-refractivity contribution < 1.29 is 57.1 Å². The fraction of sp³-hybridized carbons (Fsp3) is 0.440. The maximum atomic E-state index is 13.6. The lowest BCUT2D eigenvalue weighted by Gasteiger charge is -2.46. The molecule has 1 aromatic rings. The van der Waals surface area contributed by atoms with Gasteiger partial charge in [-0.3, -0.25) is 28.9 Å². The third-order valence-corrected chi connectivity index (χ3v) is 7.07. The molecule has 5 atom stereocenters. The molecular weight excluding hydrogens is 570 g/mol. The molecule has 0 saturated carbocycles. The molecule has 0 spiro atoms. The van der Waals surface area contributed by atoms with Crippen LogP contribution in [0.4, 0.5) is 0 Å². The molecule has 13 nitrogen and oxygen atoms in total. The lowest BCUT2D eigenvalue weighted by Crippen LogP contribution is -2.66. The molecule has 40 heavy (non-hydrogen) atoms. The van der Waals surface area contributed by atoms with E-state index >= 15 is 0 Å². The zero-order valence-electron chi connectivity index (χ0n) is 21.8. The van der Waals surface area contributed by atoms with Gasteiger partial charge in [0.25, 0.3) is 5.91 Å². The van der Waals surface area contributed by atoms with E-state index in [1.165, 1.54) is 0 Å². The van der Waals surface area contributed by atoms with Gasteiger partial charge in [-0.15, -0.1) is 0 Å². The molecule has 1 amide bonds. The largest absolute Gasteiger partial charge is 0.463 e. The first-order valence-electron chi connectivity index (χ1n) is 11.9. The summed E-state index contributed by atoms with van der Waals surface area (Å²) in [5, 5.41) is 0.